The third kappa shape index (κ3) is 5.32. The van der Waals surface area contributed by atoms with E-state index in [1.54, 1.807) is 25.7 Å². The lowest BCUT2D eigenvalue weighted by Crippen LogP contribution is -2.42. The van der Waals surface area contributed by atoms with E-state index in [2.05, 4.69) is 0 Å². The highest BCUT2D eigenvalue weighted by Crippen LogP contribution is 2.21. The number of carbonyl (C=O) groups excluding carboxylic acids is 1. The molecule has 1 fully saturated rings. The first-order chi connectivity index (χ1) is 9.20. The van der Waals surface area contributed by atoms with E-state index in [1.165, 1.54) is 0 Å². The van der Waals surface area contributed by atoms with Crippen molar-refractivity contribution < 1.29 is 28.6 Å². The molecule has 0 saturated carbocycles. The summed E-state index contributed by atoms with van der Waals surface area (Å²) in [7, 11) is 0. The molecule has 20 heavy (non-hydrogen) atoms. The van der Waals surface area contributed by atoms with Gasteiger partial charge in [0, 0.05) is 6.54 Å². The highest BCUT2D eigenvalue weighted by molar-refractivity contribution is 5.72. The van der Waals surface area contributed by atoms with Crippen LogP contribution in [0.3, 0.4) is 0 Å². The molecule has 0 aliphatic carbocycles. The number of rotatable bonds is 5. The number of ether oxygens (including phenoxy) is 2. The van der Waals surface area contributed by atoms with E-state index in [-0.39, 0.29) is 12.6 Å². The fourth-order valence-corrected chi connectivity index (χ4v) is 1.95. The smallest absolute Gasteiger partial charge is 0.410 e. The zero-order valence-electron chi connectivity index (χ0n) is 12.1. The zero-order chi connectivity index (χ0) is 15.3. The molecule has 0 aromatic rings. The van der Waals surface area contributed by atoms with Crippen molar-refractivity contribution in [3.63, 3.8) is 0 Å². The van der Waals surface area contributed by atoms with Crippen LogP contribution in [0.25, 0.3) is 0 Å². The Balaban J connectivity index is 2.41. The predicted octanol–water partition coefficient (Wildman–Crippen LogP) is 1.83. The number of hydrogen-bond acceptors (Lipinski definition) is 4. The molecule has 1 amide bonds. The number of alkyl halides is 1. The Labute approximate surface area is 117 Å². The molecule has 0 spiro atoms. The monoisotopic (exact) mass is 291 g/mol. The molecule has 1 rings (SSSR count). The topological polar surface area (TPSA) is 76.1 Å². The summed E-state index contributed by atoms with van der Waals surface area (Å²) in [5.74, 6) is -1.54. The van der Waals surface area contributed by atoms with Crippen LogP contribution in [0, 0.1) is 0 Å². The molecule has 1 aliphatic rings. The average Bonchev–Trinajstić information content (AvgIpc) is 2.74. The van der Waals surface area contributed by atoms with Gasteiger partial charge in [-0.2, -0.15) is 0 Å². The minimum Gasteiger partial charge on any atom is -0.479 e. The standard InChI is InChI=1S/C13H22FNO5/c1-13(2,3)20-12(18)15-6-4-5-9(15)7-19-8-10(14)11(16)17/h9-10H,4-8H2,1-3H3,(H,16,17)/t9-,10?/m0/s1. The SMILES string of the molecule is CC(C)(C)OC(=O)N1CCC[C@H]1COCC(F)C(=O)O. The van der Waals surface area contributed by atoms with Gasteiger partial charge in [0.15, 0.2) is 0 Å². The summed E-state index contributed by atoms with van der Waals surface area (Å²) in [6, 6.07) is -0.189. The fraction of sp³-hybridized carbons (Fsp3) is 0.846. The van der Waals surface area contributed by atoms with E-state index in [0.717, 1.165) is 12.8 Å². The van der Waals surface area contributed by atoms with Crippen LogP contribution in [0.4, 0.5) is 9.18 Å². The van der Waals surface area contributed by atoms with Crippen molar-refractivity contribution in [3.05, 3.63) is 0 Å². The largest absolute Gasteiger partial charge is 0.479 e. The van der Waals surface area contributed by atoms with E-state index < -0.39 is 30.4 Å². The van der Waals surface area contributed by atoms with Crippen LogP contribution in [0.1, 0.15) is 33.6 Å². The molecule has 1 heterocycles. The van der Waals surface area contributed by atoms with E-state index >= 15 is 0 Å². The van der Waals surface area contributed by atoms with Crippen LogP contribution >= 0.6 is 0 Å². The first kappa shape index (κ1) is 16.7. The minimum atomic E-state index is -2.04. The molecule has 1 aliphatic heterocycles. The second kappa shape index (κ2) is 6.88. The number of carboxylic acids is 1. The number of nitrogens with zero attached hydrogens (tertiary/aromatic N) is 1. The summed E-state index contributed by atoms with van der Waals surface area (Å²) in [4.78, 5) is 23.8. The molecule has 0 aromatic heterocycles. The second-order valence-corrected chi connectivity index (χ2v) is 5.81. The number of halogens is 1. The Bertz CT molecular complexity index is 355. The van der Waals surface area contributed by atoms with Gasteiger partial charge in [-0.25, -0.2) is 14.0 Å². The zero-order valence-corrected chi connectivity index (χ0v) is 12.1. The maximum atomic E-state index is 12.8. The van der Waals surface area contributed by atoms with Crippen molar-refractivity contribution in [3.8, 4) is 0 Å². The van der Waals surface area contributed by atoms with Gasteiger partial charge < -0.3 is 19.5 Å². The summed E-state index contributed by atoms with van der Waals surface area (Å²) in [6.45, 7) is 5.54. The van der Waals surface area contributed by atoms with Gasteiger partial charge in [0.2, 0.25) is 6.17 Å². The van der Waals surface area contributed by atoms with Crippen LogP contribution in [-0.2, 0) is 14.3 Å². The first-order valence-corrected chi connectivity index (χ1v) is 6.65. The third-order valence-electron chi connectivity index (χ3n) is 2.85. The summed E-state index contributed by atoms with van der Waals surface area (Å²) >= 11 is 0. The predicted molar refractivity (Wildman–Crippen MR) is 69.3 cm³/mol. The van der Waals surface area contributed by atoms with E-state index in [4.69, 9.17) is 14.6 Å². The summed E-state index contributed by atoms with van der Waals surface area (Å²) in [6.07, 6.45) is -0.890. The molecule has 7 heteroatoms. The van der Waals surface area contributed by atoms with Gasteiger partial charge in [-0.3, -0.25) is 0 Å². The lowest BCUT2D eigenvalue weighted by Gasteiger charge is -2.28. The Morgan fingerprint density at radius 1 is 1.45 bits per heavy atom. The average molecular weight is 291 g/mol. The molecular formula is C13H22FNO5. The van der Waals surface area contributed by atoms with Gasteiger partial charge in [0.25, 0.3) is 0 Å². The Kier molecular flexibility index (Phi) is 5.74. The summed E-state index contributed by atoms with van der Waals surface area (Å²) in [5.41, 5.74) is -0.571. The van der Waals surface area contributed by atoms with Gasteiger partial charge >= 0.3 is 12.1 Å². The van der Waals surface area contributed by atoms with Gasteiger partial charge in [-0.15, -0.1) is 0 Å². The van der Waals surface area contributed by atoms with Gasteiger partial charge in [-0.05, 0) is 33.6 Å². The van der Waals surface area contributed by atoms with Gasteiger partial charge in [-0.1, -0.05) is 0 Å². The number of hydrogen-bond donors (Lipinski definition) is 1. The van der Waals surface area contributed by atoms with Crippen molar-refractivity contribution in [1.29, 1.82) is 0 Å². The van der Waals surface area contributed by atoms with Crippen molar-refractivity contribution in [2.75, 3.05) is 19.8 Å². The van der Waals surface area contributed by atoms with E-state index in [9.17, 15) is 14.0 Å². The number of aliphatic carboxylic acids is 1. The first-order valence-electron chi connectivity index (χ1n) is 6.65. The quantitative estimate of drug-likeness (QED) is 0.836. The third-order valence-corrected chi connectivity index (χ3v) is 2.85. The van der Waals surface area contributed by atoms with Crippen LogP contribution in [0.2, 0.25) is 0 Å². The minimum absolute atomic E-state index is 0.118. The van der Waals surface area contributed by atoms with E-state index in [0.29, 0.717) is 6.54 Å². The van der Waals surface area contributed by atoms with Gasteiger partial charge in [0.05, 0.1) is 19.3 Å². The maximum Gasteiger partial charge on any atom is 0.410 e. The van der Waals surface area contributed by atoms with Crippen LogP contribution < -0.4 is 0 Å². The Hall–Kier alpha value is -1.37. The fourth-order valence-electron chi connectivity index (χ4n) is 1.95. The number of carboxylic acid groups (broad SMARTS) is 1. The molecule has 0 radical (unpaired) electrons. The second-order valence-electron chi connectivity index (χ2n) is 5.81. The molecule has 1 unspecified atom stereocenters. The highest BCUT2D eigenvalue weighted by atomic mass is 19.1. The lowest BCUT2D eigenvalue weighted by molar-refractivity contribution is -0.145. The maximum absolute atomic E-state index is 12.8. The number of carbonyl (C=O) groups is 2. The van der Waals surface area contributed by atoms with Crippen molar-refractivity contribution >= 4 is 12.1 Å². The summed E-state index contributed by atoms with van der Waals surface area (Å²) < 4.78 is 23.2. The normalized spacial score (nSPS) is 20.8. The van der Waals surface area contributed by atoms with E-state index in [1.807, 2.05) is 0 Å². The molecule has 2 atom stereocenters. The highest BCUT2D eigenvalue weighted by Gasteiger charge is 2.32. The molecular weight excluding hydrogens is 269 g/mol. The molecule has 0 bridgehead atoms. The van der Waals surface area contributed by atoms with Crippen molar-refractivity contribution in [1.82, 2.24) is 4.90 Å². The van der Waals surface area contributed by atoms with Crippen molar-refractivity contribution in [2.45, 2.75) is 51.4 Å². The number of likely N-dealkylation sites (tertiary alicyclic amines) is 1. The summed E-state index contributed by atoms with van der Waals surface area (Å²) in [5, 5.41) is 8.40. The van der Waals surface area contributed by atoms with Crippen LogP contribution in [-0.4, -0.2) is 59.6 Å². The lowest BCUT2D eigenvalue weighted by atomic mass is 10.2. The van der Waals surface area contributed by atoms with Gasteiger partial charge in [0.1, 0.15) is 5.60 Å². The van der Waals surface area contributed by atoms with Crippen LogP contribution in [0.5, 0.6) is 0 Å². The van der Waals surface area contributed by atoms with Crippen molar-refractivity contribution in [2.24, 2.45) is 0 Å². The molecule has 1 saturated heterocycles. The molecule has 116 valence electrons. The Morgan fingerprint density at radius 3 is 2.65 bits per heavy atom. The Morgan fingerprint density at radius 2 is 2.10 bits per heavy atom. The number of amides is 1. The molecule has 1 N–H and O–H groups in total. The molecule has 0 aromatic carbocycles. The molecule has 6 nitrogen and oxygen atoms in total. The van der Waals surface area contributed by atoms with Crippen LogP contribution in [0.15, 0.2) is 0 Å².